The van der Waals surface area contributed by atoms with Gasteiger partial charge in [0.25, 0.3) is 0 Å². The normalized spacial score (nSPS) is 28.1. The van der Waals surface area contributed by atoms with Crippen LogP contribution in [0.1, 0.15) is 55.6 Å². The molecule has 2 unspecified atom stereocenters. The number of aliphatic hydroxyl groups is 1. The highest BCUT2D eigenvalue weighted by Crippen LogP contribution is 2.40. The minimum absolute atomic E-state index is 0.190. The van der Waals surface area contributed by atoms with Crippen molar-refractivity contribution in [3.63, 3.8) is 0 Å². The quantitative estimate of drug-likeness (QED) is 0.769. The van der Waals surface area contributed by atoms with E-state index in [1.54, 1.807) is 0 Å². The second-order valence-corrected chi connectivity index (χ2v) is 5.60. The first-order valence-corrected chi connectivity index (χ1v) is 7.29. The summed E-state index contributed by atoms with van der Waals surface area (Å²) in [5.74, 6) is 1.36. The average Bonchev–Trinajstić information content (AvgIpc) is 2.63. The highest BCUT2D eigenvalue weighted by atomic mass is 16.5. The first-order valence-electron chi connectivity index (χ1n) is 7.29. The molecule has 0 spiro atoms. The minimum atomic E-state index is -0.190. The van der Waals surface area contributed by atoms with E-state index < -0.39 is 0 Å². The van der Waals surface area contributed by atoms with Crippen LogP contribution in [0.4, 0.5) is 0 Å². The fourth-order valence-corrected chi connectivity index (χ4v) is 3.36. The van der Waals surface area contributed by atoms with Crippen molar-refractivity contribution in [2.45, 2.75) is 57.0 Å². The maximum atomic E-state index is 10.3. The number of hydrogen-bond acceptors (Lipinski definition) is 2. The molecule has 1 saturated carbocycles. The number of benzene rings is 1. The van der Waals surface area contributed by atoms with Crippen LogP contribution in [0.5, 0.6) is 5.75 Å². The van der Waals surface area contributed by atoms with Gasteiger partial charge in [0.2, 0.25) is 0 Å². The van der Waals surface area contributed by atoms with Crippen LogP contribution in [0.3, 0.4) is 0 Å². The molecule has 2 aliphatic rings. The number of hydrogen-bond donors (Lipinski definition) is 1. The number of ether oxygens (including phenoxy) is 1. The van der Waals surface area contributed by atoms with E-state index in [0.717, 1.165) is 44.5 Å². The molecular formula is C16H22O2. The van der Waals surface area contributed by atoms with E-state index in [-0.39, 0.29) is 12.0 Å². The van der Waals surface area contributed by atoms with E-state index in [1.165, 1.54) is 24.0 Å². The van der Waals surface area contributed by atoms with Crippen molar-refractivity contribution in [1.82, 2.24) is 0 Å². The molecule has 2 nitrogen and oxygen atoms in total. The van der Waals surface area contributed by atoms with Crippen molar-refractivity contribution in [2.24, 2.45) is 0 Å². The Hall–Kier alpha value is -1.02. The molecule has 0 aromatic heterocycles. The molecule has 1 heterocycles. The van der Waals surface area contributed by atoms with E-state index in [2.05, 4.69) is 18.2 Å². The first kappa shape index (κ1) is 12.0. The summed E-state index contributed by atoms with van der Waals surface area (Å²) >= 11 is 0. The van der Waals surface area contributed by atoms with Gasteiger partial charge in [0.15, 0.2) is 0 Å². The second kappa shape index (κ2) is 5.31. The Morgan fingerprint density at radius 3 is 2.89 bits per heavy atom. The monoisotopic (exact) mass is 246 g/mol. The van der Waals surface area contributed by atoms with Gasteiger partial charge in [-0.05, 0) is 31.2 Å². The molecule has 1 fully saturated rings. The van der Waals surface area contributed by atoms with Gasteiger partial charge >= 0.3 is 0 Å². The van der Waals surface area contributed by atoms with Gasteiger partial charge in [-0.1, -0.05) is 37.5 Å². The predicted molar refractivity (Wildman–Crippen MR) is 72.1 cm³/mol. The van der Waals surface area contributed by atoms with Crippen LogP contribution < -0.4 is 4.74 Å². The molecule has 0 saturated heterocycles. The Morgan fingerprint density at radius 1 is 1.06 bits per heavy atom. The topological polar surface area (TPSA) is 29.5 Å². The molecule has 2 atom stereocenters. The van der Waals surface area contributed by atoms with E-state index in [9.17, 15) is 5.11 Å². The first-order chi connectivity index (χ1) is 8.86. The second-order valence-electron chi connectivity index (χ2n) is 5.60. The average molecular weight is 246 g/mol. The van der Waals surface area contributed by atoms with Gasteiger partial charge in [0.05, 0.1) is 12.7 Å². The van der Waals surface area contributed by atoms with Gasteiger partial charge in [0.1, 0.15) is 5.75 Å². The van der Waals surface area contributed by atoms with Crippen molar-refractivity contribution in [3.8, 4) is 5.75 Å². The molecule has 1 aromatic carbocycles. The Morgan fingerprint density at radius 2 is 1.94 bits per heavy atom. The lowest BCUT2D eigenvalue weighted by atomic mass is 9.86. The maximum Gasteiger partial charge on any atom is 0.126 e. The SMILES string of the molecule is OC1CCCCCC1c1cccc2c1OCCC2. The van der Waals surface area contributed by atoms with Crippen molar-refractivity contribution < 1.29 is 9.84 Å². The lowest BCUT2D eigenvalue weighted by Crippen LogP contribution is -2.20. The van der Waals surface area contributed by atoms with Crippen molar-refractivity contribution in [3.05, 3.63) is 29.3 Å². The molecule has 18 heavy (non-hydrogen) atoms. The third-order valence-electron chi connectivity index (χ3n) is 4.34. The lowest BCUT2D eigenvalue weighted by molar-refractivity contribution is 0.133. The number of aliphatic hydroxyl groups excluding tert-OH is 1. The summed E-state index contributed by atoms with van der Waals surface area (Å²) in [5.41, 5.74) is 2.58. The molecule has 2 heteroatoms. The Labute approximate surface area is 109 Å². The van der Waals surface area contributed by atoms with Gasteiger partial charge in [-0.15, -0.1) is 0 Å². The maximum absolute atomic E-state index is 10.3. The van der Waals surface area contributed by atoms with Gasteiger partial charge in [-0.2, -0.15) is 0 Å². The van der Waals surface area contributed by atoms with E-state index >= 15 is 0 Å². The molecule has 1 N–H and O–H groups in total. The number of rotatable bonds is 1. The third-order valence-corrected chi connectivity index (χ3v) is 4.34. The van der Waals surface area contributed by atoms with Crippen LogP contribution in [0.2, 0.25) is 0 Å². The molecule has 1 aromatic rings. The van der Waals surface area contributed by atoms with E-state index in [1.807, 2.05) is 0 Å². The number of fused-ring (bicyclic) bond motifs is 1. The van der Waals surface area contributed by atoms with Gasteiger partial charge in [0, 0.05) is 11.5 Å². The molecule has 1 aliphatic heterocycles. The summed E-state index contributed by atoms with van der Waals surface area (Å²) in [6.45, 7) is 0.826. The summed E-state index contributed by atoms with van der Waals surface area (Å²) < 4.78 is 5.89. The highest BCUT2D eigenvalue weighted by molar-refractivity contribution is 5.45. The Kier molecular flexibility index (Phi) is 3.55. The van der Waals surface area contributed by atoms with Crippen molar-refractivity contribution in [1.29, 1.82) is 0 Å². The summed E-state index contributed by atoms with van der Waals surface area (Å²) in [6.07, 6.45) is 7.72. The van der Waals surface area contributed by atoms with Crippen LogP contribution in [0, 0.1) is 0 Å². The van der Waals surface area contributed by atoms with Crippen LogP contribution in [-0.2, 0) is 6.42 Å². The predicted octanol–water partition coefficient (Wildman–Crippen LogP) is 3.42. The van der Waals surface area contributed by atoms with Gasteiger partial charge < -0.3 is 9.84 Å². The fraction of sp³-hybridized carbons (Fsp3) is 0.625. The Balaban J connectivity index is 1.94. The highest BCUT2D eigenvalue weighted by Gasteiger charge is 2.27. The molecule has 98 valence electrons. The standard InChI is InChI=1S/C16H22O2/c17-15-10-3-1-2-8-13(15)14-9-4-6-12-7-5-11-18-16(12)14/h4,6,9,13,15,17H,1-3,5,7-8,10-11H2. The summed E-state index contributed by atoms with van der Waals surface area (Å²) in [6, 6.07) is 6.45. The molecule has 0 amide bonds. The van der Waals surface area contributed by atoms with Crippen LogP contribution in [0.25, 0.3) is 0 Å². The third kappa shape index (κ3) is 2.26. The molecular weight excluding hydrogens is 224 g/mol. The van der Waals surface area contributed by atoms with Gasteiger partial charge in [-0.25, -0.2) is 0 Å². The van der Waals surface area contributed by atoms with Crippen LogP contribution >= 0.6 is 0 Å². The largest absolute Gasteiger partial charge is 0.493 e. The molecule has 1 aliphatic carbocycles. The molecule has 0 radical (unpaired) electrons. The zero-order valence-electron chi connectivity index (χ0n) is 10.9. The van der Waals surface area contributed by atoms with E-state index in [0.29, 0.717) is 0 Å². The molecule has 0 bridgehead atoms. The zero-order chi connectivity index (χ0) is 12.4. The number of aryl methyl sites for hydroxylation is 1. The fourth-order valence-electron chi connectivity index (χ4n) is 3.36. The smallest absolute Gasteiger partial charge is 0.126 e. The summed E-state index contributed by atoms with van der Waals surface area (Å²) in [5, 5.41) is 10.3. The lowest BCUT2D eigenvalue weighted by Gasteiger charge is -2.27. The van der Waals surface area contributed by atoms with Crippen molar-refractivity contribution >= 4 is 0 Å². The van der Waals surface area contributed by atoms with Crippen molar-refractivity contribution in [2.75, 3.05) is 6.61 Å². The van der Waals surface area contributed by atoms with Crippen LogP contribution in [-0.4, -0.2) is 17.8 Å². The van der Waals surface area contributed by atoms with E-state index in [4.69, 9.17) is 4.74 Å². The number of para-hydroxylation sites is 1. The minimum Gasteiger partial charge on any atom is -0.493 e. The van der Waals surface area contributed by atoms with Gasteiger partial charge in [-0.3, -0.25) is 0 Å². The zero-order valence-corrected chi connectivity index (χ0v) is 10.9. The summed E-state index contributed by atoms with van der Waals surface area (Å²) in [7, 11) is 0. The Bertz CT molecular complexity index is 414. The summed E-state index contributed by atoms with van der Waals surface area (Å²) in [4.78, 5) is 0. The molecule has 3 rings (SSSR count). The van der Waals surface area contributed by atoms with Crippen LogP contribution in [0.15, 0.2) is 18.2 Å².